The number of rotatable bonds is 4. The van der Waals surface area contributed by atoms with Gasteiger partial charge in [0, 0.05) is 18.3 Å². The summed E-state index contributed by atoms with van der Waals surface area (Å²) in [6, 6.07) is 3.74. The Balaban J connectivity index is 2.64. The van der Waals surface area contributed by atoms with E-state index in [1.807, 2.05) is 17.5 Å². The van der Waals surface area contributed by atoms with Crippen LogP contribution in [0.25, 0.3) is 0 Å². The van der Waals surface area contributed by atoms with Crippen molar-refractivity contribution in [3.05, 3.63) is 22.4 Å². The van der Waals surface area contributed by atoms with Crippen LogP contribution in [0, 0.1) is 0 Å². The highest BCUT2D eigenvalue weighted by Gasteiger charge is 2.14. The first-order chi connectivity index (χ1) is 6.27. The van der Waals surface area contributed by atoms with Crippen LogP contribution in [0.5, 0.6) is 0 Å². The van der Waals surface area contributed by atoms with Gasteiger partial charge in [-0.1, -0.05) is 6.07 Å². The SMILES string of the molecule is CNC(=O)CC(C=O)c1cccs1. The van der Waals surface area contributed by atoms with Gasteiger partial charge in [0.2, 0.25) is 5.91 Å². The number of aldehydes is 1. The summed E-state index contributed by atoms with van der Waals surface area (Å²) in [6.07, 6.45) is 1.06. The quantitative estimate of drug-likeness (QED) is 0.736. The fourth-order valence-electron chi connectivity index (χ4n) is 1.02. The van der Waals surface area contributed by atoms with Gasteiger partial charge in [0.25, 0.3) is 0 Å². The van der Waals surface area contributed by atoms with Crippen molar-refractivity contribution in [2.45, 2.75) is 12.3 Å². The second-order valence-electron chi connectivity index (χ2n) is 2.64. The number of hydrogen-bond acceptors (Lipinski definition) is 3. The Labute approximate surface area is 80.8 Å². The fraction of sp³-hybridized carbons (Fsp3) is 0.333. The molecule has 0 aliphatic heterocycles. The van der Waals surface area contributed by atoms with Gasteiger partial charge < -0.3 is 10.1 Å². The van der Waals surface area contributed by atoms with Gasteiger partial charge in [-0.2, -0.15) is 0 Å². The van der Waals surface area contributed by atoms with Crippen LogP contribution in [-0.2, 0) is 9.59 Å². The fourth-order valence-corrected chi connectivity index (χ4v) is 1.80. The Morgan fingerprint density at radius 1 is 1.77 bits per heavy atom. The minimum Gasteiger partial charge on any atom is -0.359 e. The summed E-state index contributed by atoms with van der Waals surface area (Å²) in [5.41, 5.74) is 0. The lowest BCUT2D eigenvalue weighted by molar-refractivity contribution is -0.122. The van der Waals surface area contributed by atoms with Crippen LogP contribution in [0.15, 0.2) is 17.5 Å². The van der Waals surface area contributed by atoms with E-state index in [-0.39, 0.29) is 18.2 Å². The summed E-state index contributed by atoms with van der Waals surface area (Å²) in [5.74, 6) is -0.398. The third-order valence-electron chi connectivity index (χ3n) is 1.76. The Bertz CT molecular complexity index is 282. The molecule has 0 aliphatic rings. The molecule has 13 heavy (non-hydrogen) atoms. The summed E-state index contributed by atoms with van der Waals surface area (Å²) in [7, 11) is 1.57. The predicted molar refractivity (Wildman–Crippen MR) is 51.8 cm³/mol. The van der Waals surface area contributed by atoms with Crippen LogP contribution < -0.4 is 5.32 Å². The number of thiophene rings is 1. The number of carbonyl (C=O) groups is 2. The van der Waals surface area contributed by atoms with E-state index in [9.17, 15) is 9.59 Å². The second kappa shape index (κ2) is 4.77. The second-order valence-corrected chi connectivity index (χ2v) is 3.61. The van der Waals surface area contributed by atoms with Crippen LogP contribution in [0.3, 0.4) is 0 Å². The zero-order valence-electron chi connectivity index (χ0n) is 7.32. The maximum Gasteiger partial charge on any atom is 0.220 e. The zero-order valence-corrected chi connectivity index (χ0v) is 8.14. The monoisotopic (exact) mass is 197 g/mol. The maximum atomic E-state index is 11.0. The summed E-state index contributed by atoms with van der Waals surface area (Å²) in [6.45, 7) is 0. The summed E-state index contributed by atoms with van der Waals surface area (Å²) in [5, 5.41) is 4.40. The van der Waals surface area contributed by atoms with Crippen LogP contribution in [0.1, 0.15) is 17.2 Å². The molecule has 1 heterocycles. The van der Waals surface area contributed by atoms with Crippen molar-refractivity contribution < 1.29 is 9.59 Å². The molecule has 1 amide bonds. The molecule has 0 saturated heterocycles. The molecule has 1 aromatic rings. The van der Waals surface area contributed by atoms with Crippen molar-refractivity contribution in [2.75, 3.05) is 7.05 Å². The first-order valence-electron chi connectivity index (χ1n) is 3.97. The minimum absolute atomic E-state index is 0.106. The summed E-state index contributed by atoms with van der Waals surface area (Å²) < 4.78 is 0. The van der Waals surface area contributed by atoms with E-state index in [4.69, 9.17) is 0 Å². The standard InChI is InChI=1S/C9H11NO2S/c1-10-9(12)5-7(6-11)8-3-2-4-13-8/h2-4,6-7H,5H2,1H3,(H,10,12). The molecular weight excluding hydrogens is 186 g/mol. The molecule has 0 bridgehead atoms. The van der Waals surface area contributed by atoms with Crippen LogP contribution in [-0.4, -0.2) is 19.2 Å². The lowest BCUT2D eigenvalue weighted by Crippen LogP contribution is -2.20. The zero-order chi connectivity index (χ0) is 9.68. The lowest BCUT2D eigenvalue weighted by Gasteiger charge is -2.05. The van der Waals surface area contributed by atoms with Gasteiger partial charge in [0.1, 0.15) is 6.29 Å². The average Bonchev–Trinajstić information content (AvgIpc) is 2.66. The Morgan fingerprint density at radius 2 is 2.54 bits per heavy atom. The molecule has 0 spiro atoms. The molecule has 0 aromatic carbocycles. The van der Waals surface area contributed by atoms with Crippen molar-refractivity contribution >= 4 is 23.5 Å². The van der Waals surface area contributed by atoms with E-state index >= 15 is 0 Å². The summed E-state index contributed by atoms with van der Waals surface area (Å²) in [4.78, 5) is 22.6. The lowest BCUT2D eigenvalue weighted by atomic mass is 10.1. The molecule has 70 valence electrons. The third-order valence-corrected chi connectivity index (χ3v) is 2.76. The number of carbonyl (C=O) groups excluding carboxylic acids is 2. The topological polar surface area (TPSA) is 46.2 Å². The first-order valence-corrected chi connectivity index (χ1v) is 4.85. The first kappa shape index (κ1) is 9.92. The molecule has 0 saturated carbocycles. The van der Waals surface area contributed by atoms with Gasteiger partial charge in [-0.15, -0.1) is 11.3 Å². The van der Waals surface area contributed by atoms with Crippen LogP contribution in [0.4, 0.5) is 0 Å². The Hall–Kier alpha value is -1.16. The average molecular weight is 197 g/mol. The highest BCUT2D eigenvalue weighted by Crippen LogP contribution is 2.22. The number of hydrogen-bond donors (Lipinski definition) is 1. The van der Waals surface area contributed by atoms with Crippen molar-refractivity contribution in [3.8, 4) is 0 Å². The molecule has 1 rings (SSSR count). The molecule has 0 fully saturated rings. The normalized spacial score (nSPS) is 12.1. The van der Waals surface area contributed by atoms with E-state index in [2.05, 4.69) is 5.32 Å². The van der Waals surface area contributed by atoms with Gasteiger partial charge in [0.15, 0.2) is 0 Å². The highest BCUT2D eigenvalue weighted by molar-refractivity contribution is 7.10. The molecular formula is C9H11NO2S. The molecule has 1 N–H and O–H groups in total. The van der Waals surface area contributed by atoms with E-state index < -0.39 is 0 Å². The molecule has 1 atom stereocenters. The van der Waals surface area contributed by atoms with Crippen LogP contribution in [0.2, 0.25) is 0 Å². The van der Waals surface area contributed by atoms with Crippen molar-refractivity contribution in [2.24, 2.45) is 0 Å². The number of amides is 1. The van der Waals surface area contributed by atoms with Gasteiger partial charge in [-0.05, 0) is 11.4 Å². The van der Waals surface area contributed by atoms with E-state index in [1.165, 1.54) is 11.3 Å². The van der Waals surface area contributed by atoms with Gasteiger partial charge in [-0.3, -0.25) is 4.79 Å². The predicted octanol–water partition coefficient (Wildman–Crippen LogP) is 1.17. The van der Waals surface area contributed by atoms with Crippen molar-refractivity contribution in [3.63, 3.8) is 0 Å². The van der Waals surface area contributed by atoms with Gasteiger partial charge in [0.05, 0.1) is 5.92 Å². The minimum atomic E-state index is -0.292. The Kier molecular flexibility index (Phi) is 3.64. The molecule has 4 heteroatoms. The molecule has 0 radical (unpaired) electrons. The molecule has 0 aliphatic carbocycles. The summed E-state index contributed by atoms with van der Waals surface area (Å²) >= 11 is 1.50. The van der Waals surface area contributed by atoms with Crippen molar-refractivity contribution in [1.29, 1.82) is 0 Å². The van der Waals surface area contributed by atoms with E-state index in [0.717, 1.165) is 11.2 Å². The largest absolute Gasteiger partial charge is 0.359 e. The smallest absolute Gasteiger partial charge is 0.220 e. The maximum absolute atomic E-state index is 11.0. The van der Waals surface area contributed by atoms with E-state index in [1.54, 1.807) is 7.05 Å². The molecule has 1 aromatic heterocycles. The highest BCUT2D eigenvalue weighted by atomic mass is 32.1. The van der Waals surface area contributed by atoms with E-state index in [0.29, 0.717) is 0 Å². The third kappa shape index (κ3) is 2.66. The molecule has 1 unspecified atom stereocenters. The Morgan fingerprint density at radius 3 is 3.00 bits per heavy atom. The molecule has 3 nitrogen and oxygen atoms in total. The van der Waals surface area contributed by atoms with Gasteiger partial charge in [-0.25, -0.2) is 0 Å². The van der Waals surface area contributed by atoms with Gasteiger partial charge >= 0.3 is 0 Å². The van der Waals surface area contributed by atoms with Crippen molar-refractivity contribution in [1.82, 2.24) is 5.32 Å². The van der Waals surface area contributed by atoms with Crippen LogP contribution >= 0.6 is 11.3 Å². The number of nitrogens with one attached hydrogen (secondary N) is 1.